The molecule has 3 aromatic rings. The highest BCUT2D eigenvalue weighted by atomic mass is 19.3. The molecule has 0 aliphatic heterocycles. The lowest BCUT2D eigenvalue weighted by molar-refractivity contribution is -0.0521. The van der Waals surface area contributed by atoms with Crippen LogP contribution in [0.15, 0.2) is 24.5 Å². The summed E-state index contributed by atoms with van der Waals surface area (Å²) in [6.07, 6.45) is 1.31. The number of ether oxygens (including phenoxy) is 1. The summed E-state index contributed by atoms with van der Waals surface area (Å²) in [5, 5.41) is 4.83. The average molecular weight is 323 g/mol. The van der Waals surface area contributed by atoms with Gasteiger partial charge < -0.3 is 10.5 Å². The van der Waals surface area contributed by atoms with Crippen molar-refractivity contribution in [1.29, 1.82) is 0 Å². The van der Waals surface area contributed by atoms with Crippen LogP contribution in [0.3, 0.4) is 0 Å². The quantitative estimate of drug-likeness (QED) is 0.799. The Labute approximate surface area is 128 Å². The summed E-state index contributed by atoms with van der Waals surface area (Å²) in [7, 11) is 0. The number of alkyl halides is 2. The SMILES string of the molecule is CCn1nc(-c2ccc(OC(F)F)c(F)c2)c2c(N)ncnc21. The van der Waals surface area contributed by atoms with E-state index in [1.165, 1.54) is 12.4 Å². The Morgan fingerprint density at radius 1 is 1.30 bits per heavy atom. The normalized spacial score (nSPS) is 11.3. The molecule has 0 amide bonds. The van der Waals surface area contributed by atoms with Crippen molar-refractivity contribution in [2.24, 2.45) is 0 Å². The Morgan fingerprint density at radius 2 is 2.09 bits per heavy atom. The minimum absolute atomic E-state index is 0.206. The zero-order chi connectivity index (χ0) is 16.6. The number of rotatable bonds is 4. The van der Waals surface area contributed by atoms with Crippen LogP contribution in [0.2, 0.25) is 0 Å². The topological polar surface area (TPSA) is 78.9 Å². The molecule has 0 aliphatic carbocycles. The van der Waals surface area contributed by atoms with Gasteiger partial charge in [0.15, 0.2) is 17.2 Å². The Hall–Kier alpha value is -2.84. The first-order chi connectivity index (χ1) is 11.0. The predicted molar refractivity (Wildman–Crippen MR) is 77.4 cm³/mol. The molecule has 0 fully saturated rings. The van der Waals surface area contributed by atoms with Crippen molar-refractivity contribution in [1.82, 2.24) is 19.7 Å². The maximum Gasteiger partial charge on any atom is 0.387 e. The number of halogens is 3. The molecule has 0 aliphatic rings. The van der Waals surface area contributed by atoms with Gasteiger partial charge in [-0.25, -0.2) is 19.0 Å². The van der Waals surface area contributed by atoms with E-state index >= 15 is 0 Å². The van der Waals surface area contributed by atoms with Crippen molar-refractivity contribution in [3.8, 4) is 17.0 Å². The van der Waals surface area contributed by atoms with Crippen molar-refractivity contribution in [2.45, 2.75) is 20.1 Å². The first-order valence-corrected chi connectivity index (χ1v) is 6.73. The molecule has 0 bridgehead atoms. The fraction of sp³-hybridized carbons (Fsp3) is 0.214. The third-order valence-electron chi connectivity index (χ3n) is 3.28. The molecule has 2 N–H and O–H groups in total. The molecular formula is C14H12F3N5O. The Bertz CT molecular complexity index is 865. The molecule has 2 aromatic heterocycles. The first-order valence-electron chi connectivity index (χ1n) is 6.73. The van der Waals surface area contributed by atoms with Crippen molar-refractivity contribution >= 4 is 16.9 Å². The Balaban J connectivity index is 2.15. The molecule has 9 heteroatoms. The molecule has 1 aromatic carbocycles. The van der Waals surface area contributed by atoms with Crippen LogP contribution in [0.1, 0.15) is 6.92 Å². The van der Waals surface area contributed by atoms with Gasteiger partial charge >= 0.3 is 6.61 Å². The van der Waals surface area contributed by atoms with Crippen LogP contribution in [0, 0.1) is 5.82 Å². The molecule has 23 heavy (non-hydrogen) atoms. The summed E-state index contributed by atoms with van der Waals surface area (Å²) < 4.78 is 44.0. The van der Waals surface area contributed by atoms with Crippen LogP contribution < -0.4 is 10.5 Å². The molecule has 120 valence electrons. The summed E-state index contributed by atoms with van der Waals surface area (Å²) in [6, 6.07) is 3.61. The van der Waals surface area contributed by atoms with E-state index in [9.17, 15) is 13.2 Å². The third-order valence-corrected chi connectivity index (χ3v) is 3.28. The number of aryl methyl sites for hydroxylation is 1. The monoisotopic (exact) mass is 323 g/mol. The molecule has 0 saturated carbocycles. The van der Waals surface area contributed by atoms with Crippen molar-refractivity contribution in [3.63, 3.8) is 0 Å². The maximum absolute atomic E-state index is 13.9. The standard InChI is InChI=1S/C14H12F3N5O/c1-2-22-13-10(12(18)19-6-20-13)11(21-22)7-3-4-9(8(15)5-7)23-14(16)17/h3-6,14H,2H2,1H3,(H2,18,19,20). The van der Waals surface area contributed by atoms with Gasteiger partial charge in [-0.05, 0) is 25.1 Å². The first kappa shape index (κ1) is 15.1. The minimum Gasteiger partial charge on any atom is -0.432 e. The second kappa shape index (κ2) is 5.75. The fourth-order valence-corrected chi connectivity index (χ4v) is 2.29. The average Bonchev–Trinajstić information content (AvgIpc) is 2.89. The summed E-state index contributed by atoms with van der Waals surface area (Å²) in [5.41, 5.74) is 7.13. The van der Waals surface area contributed by atoms with Crippen LogP contribution in [0.4, 0.5) is 19.0 Å². The number of nitrogens with zero attached hydrogens (tertiary/aromatic N) is 4. The number of hydrogen-bond donors (Lipinski definition) is 1. The zero-order valence-corrected chi connectivity index (χ0v) is 12.0. The zero-order valence-electron chi connectivity index (χ0n) is 12.0. The van der Waals surface area contributed by atoms with E-state index in [2.05, 4.69) is 19.8 Å². The lowest BCUT2D eigenvalue weighted by atomic mass is 10.1. The molecule has 0 unspecified atom stereocenters. The van der Waals surface area contributed by atoms with Gasteiger partial charge in [-0.1, -0.05) is 0 Å². The van der Waals surface area contributed by atoms with Crippen molar-refractivity contribution in [2.75, 3.05) is 5.73 Å². The van der Waals surface area contributed by atoms with Crippen LogP contribution in [-0.4, -0.2) is 26.4 Å². The van der Waals surface area contributed by atoms with Crippen LogP contribution in [-0.2, 0) is 6.54 Å². The van der Waals surface area contributed by atoms with E-state index in [0.717, 1.165) is 12.1 Å². The van der Waals surface area contributed by atoms with Crippen molar-refractivity contribution in [3.05, 3.63) is 30.3 Å². The van der Waals surface area contributed by atoms with Crippen molar-refractivity contribution < 1.29 is 17.9 Å². The van der Waals surface area contributed by atoms with E-state index in [0.29, 0.717) is 28.8 Å². The largest absolute Gasteiger partial charge is 0.432 e. The molecule has 0 atom stereocenters. The highest BCUT2D eigenvalue weighted by Crippen LogP contribution is 2.32. The van der Waals surface area contributed by atoms with Crippen LogP contribution in [0.5, 0.6) is 5.75 Å². The number of anilines is 1. The van der Waals surface area contributed by atoms with E-state index in [-0.39, 0.29) is 5.82 Å². The van der Waals surface area contributed by atoms with Gasteiger partial charge in [0.2, 0.25) is 0 Å². The predicted octanol–water partition coefficient (Wildman–Crippen LogP) is 2.84. The molecule has 2 heterocycles. The molecule has 3 rings (SSSR count). The van der Waals surface area contributed by atoms with Gasteiger partial charge in [-0.15, -0.1) is 0 Å². The maximum atomic E-state index is 13.9. The van der Waals surface area contributed by atoms with Crippen LogP contribution in [0.25, 0.3) is 22.3 Å². The summed E-state index contributed by atoms with van der Waals surface area (Å²) in [4.78, 5) is 8.05. The number of aromatic nitrogens is 4. The smallest absolute Gasteiger partial charge is 0.387 e. The second-order valence-corrected chi connectivity index (χ2v) is 4.65. The van der Waals surface area contributed by atoms with Crippen LogP contribution >= 0.6 is 0 Å². The lowest BCUT2D eigenvalue weighted by Gasteiger charge is -2.06. The van der Waals surface area contributed by atoms with E-state index in [1.54, 1.807) is 4.68 Å². The highest BCUT2D eigenvalue weighted by molar-refractivity contribution is 5.98. The molecule has 0 saturated heterocycles. The minimum atomic E-state index is -3.10. The third kappa shape index (κ3) is 2.65. The molecule has 0 spiro atoms. The van der Waals surface area contributed by atoms with E-state index in [1.807, 2.05) is 6.92 Å². The number of benzene rings is 1. The number of nitrogens with two attached hydrogens (primary N) is 1. The molecule has 0 radical (unpaired) electrons. The molecular weight excluding hydrogens is 311 g/mol. The van der Waals surface area contributed by atoms with Gasteiger partial charge in [0, 0.05) is 12.1 Å². The van der Waals surface area contributed by atoms with Gasteiger partial charge in [-0.2, -0.15) is 13.9 Å². The van der Waals surface area contributed by atoms with Gasteiger partial charge in [0.1, 0.15) is 17.8 Å². The Kier molecular flexibility index (Phi) is 3.77. The number of nitrogen functional groups attached to an aromatic ring is 1. The van der Waals surface area contributed by atoms with Gasteiger partial charge in [-0.3, -0.25) is 0 Å². The second-order valence-electron chi connectivity index (χ2n) is 4.65. The van der Waals surface area contributed by atoms with E-state index in [4.69, 9.17) is 5.73 Å². The molecule has 6 nitrogen and oxygen atoms in total. The summed E-state index contributed by atoms with van der Waals surface area (Å²) in [5.74, 6) is -1.25. The summed E-state index contributed by atoms with van der Waals surface area (Å²) >= 11 is 0. The number of hydrogen-bond acceptors (Lipinski definition) is 5. The Morgan fingerprint density at radius 3 is 2.74 bits per heavy atom. The lowest BCUT2D eigenvalue weighted by Crippen LogP contribution is -2.03. The van der Waals surface area contributed by atoms with Gasteiger partial charge in [0.25, 0.3) is 0 Å². The highest BCUT2D eigenvalue weighted by Gasteiger charge is 2.18. The summed E-state index contributed by atoms with van der Waals surface area (Å²) in [6.45, 7) is -0.698. The number of fused-ring (bicyclic) bond motifs is 1. The van der Waals surface area contributed by atoms with E-state index < -0.39 is 18.2 Å². The fourth-order valence-electron chi connectivity index (χ4n) is 2.29. The van der Waals surface area contributed by atoms with Gasteiger partial charge in [0.05, 0.1) is 5.39 Å².